The van der Waals surface area contributed by atoms with Gasteiger partial charge in [0.1, 0.15) is 6.54 Å². The summed E-state index contributed by atoms with van der Waals surface area (Å²) in [6.07, 6.45) is -1.01. The van der Waals surface area contributed by atoms with Crippen molar-refractivity contribution in [2.45, 2.75) is 51.5 Å². The Morgan fingerprint density at radius 1 is 1.36 bits per heavy atom. The largest absolute Gasteiger partial charge is 0.435 e. The molecule has 2 heterocycles. The van der Waals surface area contributed by atoms with Gasteiger partial charge < -0.3 is 4.90 Å². The van der Waals surface area contributed by atoms with Crippen molar-refractivity contribution in [3.63, 3.8) is 0 Å². The van der Waals surface area contributed by atoms with Gasteiger partial charge in [0.25, 0.3) is 0 Å². The summed E-state index contributed by atoms with van der Waals surface area (Å²) in [6.45, 7) is 2.79. The minimum Gasteiger partial charge on any atom is -0.338 e. The number of nitrogens with zero attached hydrogens (tertiary/aromatic N) is 5. The van der Waals surface area contributed by atoms with Crippen LogP contribution in [0.25, 0.3) is 0 Å². The average molecular weight is 355 g/mol. The third-order valence-corrected chi connectivity index (χ3v) is 4.23. The lowest BCUT2D eigenvalue weighted by Gasteiger charge is -2.16. The Balaban J connectivity index is 1.70. The van der Waals surface area contributed by atoms with Crippen LogP contribution in [-0.2, 0) is 30.6 Å². The maximum absolute atomic E-state index is 12.9. The van der Waals surface area contributed by atoms with Crippen molar-refractivity contribution in [2.24, 2.45) is 0 Å². The second-order valence-corrected chi connectivity index (χ2v) is 6.30. The highest BCUT2D eigenvalue weighted by atomic mass is 19.4. The fourth-order valence-corrected chi connectivity index (χ4v) is 2.65. The zero-order chi connectivity index (χ0) is 18.2. The van der Waals surface area contributed by atoms with Gasteiger partial charge in [-0.15, -0.1) is 0 Å². The van der Waals surface area contributed by atoms with Crippen LogP contribution in [0.3, 0.4) is 0 Å². The predicted molar refractivity (Wildman–Crippen MR) is 83.6 cm³/mol. The van der Waals surface area contributed by atoms with Crippen molar-refractivity contribution >= 4 is 5.91 Å². The van der Waals surface area contributed by atoms with Gasteiger partial charge in [0.05, 0.1) is 12.2 Å². The summed E-state index contributed by atoms with van der Waals surface area (Å²) >= 11 is 0. The fraction of sp³-hybridized carbons (Fsp3) is 0.562. The highest BCUT2D eigenvalue weighted by molar-refractivity contribution is 5.75. The van der Waals surface area contributed by atoms with E-state index in [1.807, 2.05) is 19.2 Å². The van der Waals surface area contributed by atoms with Crippen molar-refractivity contribution < 1.29 is 18.0 Å². The SMILES string of the molecule is CCn1ccc(CN(C)C(=O)Cn2nc(C(F)(F)F)cc2C2CC2)n1. The summed E-state index contributed by atoms with van der Waals surface area (Å²) in [5.74, 6) is -0.230. The van der Waals surface area contributed by atoms with Gasteiger partial charge >= 0.3 is 6.18 Å². The summed E-state index contributed by atoms with van der Waals surface area (Å²) in [7, 11) is 1.61. The molecule has 2 aromatic heterocycles. The molecule has 0 bridgehead atoms. The number of carbonyl (C=O) groups is 1. The smallest absolute Gasteiger partial charge is 0.338 e. The molecule has 1 aliphatic rings. The van der Waals surface area contributed by atoms with Crippen LogP contribution in [0, 0.1) is 0 Å². The molecule has 2 aromatic rings. The molecule has 3 rings (SSSR count). The lowest BCUT2D eigenvalue weighted by atomic mass is 10.2. The van der Waals surface area contributed by atoms with Crippen molar-refractivity contribution in [1.29, 1.82) is 0 Å². The molecule has 25 heavy (non-hydrogen) atoms. The molecule has 0 saturated heterocycles. The fourth-order valence-electron chi connectivity index (χ4n) is 2.65. The van der Waals surface area contributed by atoms with Gasteiger partial charge in [-0.2, -0.15) is 23.4 Å². The molecule has 9 heteroatoms. The van der Waals surface area contributed by atoms with Crippen LogP contribution in [0.2, 0.25) is 0 Å². The Labute approximate surface area is 143 Å². The number of hydrogen-bond acceptors (Lipinski definition) is 3. The maximum Gasteiger partial charge on any atom is 0.435 e. The standard InChI is InChI=1S/C16H20F3N5O/c1-3-23-7-6-12(20-23)9-22(2)15(25)10-24-13(11-4-5-11)8-14(21-24)16(17,18)19/h6-8,11H,3-5,9-10H2,1-2H3. The molecule has 0 aliphatic heterocycles. The number of carbonyl (C=O) groups excluding carboxylic acids is 1. The number of aromatic nitrogens is 4. The first-order chi connectivity index (χ1) is 11.8. The Bertz CT molecular complexity index is 760. The van der Waals surface area contributed by atoms with Gasteiger partial charge in [0.15, 0.2) is 5.69 Å². The second-order valence-electron chi connectivity index (χ2n) is 6.30. The van der Waals surface area contributed by atoms with E-state index in [1.54, 1.807) is 11.7 Å². The monoisotopic (exact) mass is 355 g/mol. The third kappa shape index (κ3) is 4.02. The Morgan fingerprint density at radius 2 is 2.08 bits per heavy atom. The first kappa shape index (κ1) is 17.5. The highest BCUT2D eigenvalue weighted by Crippen LogP contribution is 2.42. The van der Waals surface area contributed by atoms with E-state index in [1.165, 1.54) is 9.58 Å². The summed E-state index contributed by atoms with van der Waals surface area (Å²) in [6, 6.07) is 2.88. The minimum absolute atomic E-state index is 0.0713. The van der Waals surface area contributed by atoms with Gasteiger partial charge in [-0.1, -0.05) is 0 Å². The van der Waals surface area contributed by atoms with E-state index >= 15 is 0 Å². The molecule has 1 saturated carbocycles. The molecule has 0 N–H and O–H groups in total. The summed E-state index contributed by atoms with van der Waals surface area (Å²) in [5.41, 5.74) is 0.285. The summed E-state index contributed by atoms with van der Waals surface area (Å²) in [5, 5.41) is 7.92. The van der Waals surface area contributed by atoms with Crippen molar-refractivity contribution in [1.82, 2.24) is 24.5 Å². The van der Waals surface area contributed by atoms with Crippen molar-refractivity contribution in [3.8, 4) is 0 Å². The summed E-state index contributed by atoms with van der Waals surface area (Å²) < 4.78 is 41.7. The van der Waals surface area contributed by atoms with Crippen LogP contribution in [0.1, 0.15) is 42.8 Å². The quantitative estimate of drug-likeness (QED) is 0.800. The maximum atomic E-state index is 12.9. The van der Waals surface area contributed by atoms with E-state index in [2.05, 4.69) is 10.2 Å². The molecular formula is C16H20F3N5O. The van der Waals surface area contributed by atoms with E-state index in [-0.39, 0.29) is 18.4 Å². The zero-order valence-corrected chi connectivity index (χ0v) is 14.1. The first-order valence-corrected chi connectivity index (χ1v) is 8.19. The molecule has 0 spiro atoms. The van der Waals surface area contributed by atoms with E-state index in [4.69, 9.17) is 0 Å². The van der Waals surface area contributed by atoms with Crippen molar-refractivity contribution in [2.75, 3.05) is 7.05 Å². The van der Waals surface area contributed by atoms with E-state index in [0.29, 0.717) is 12.2 Å². The molecule has 1 aliphatic carbocycles. The molecule has 1 fully saturated rings. The Morgan fingerprint density at radius 3 is 2.64 bits per heavy atom. The lowest BCUT2D eigenvalue weighted by molar-refractivity contribution is -0.142. The van der Waals surface area contributed by atoms with Gasteiger partial charge in [-0.3, -0.25) is 14.2 Å². The average Bonchev–Trinajstić information content (AvgIpc) is 3.13. The van der Waals surface area contributed by atoms with Crippen LogP contribution in [0.15, 0.2) is 18.3 Å². The van der Waals surface area contributed by atoms with E-state index < -0.39 is 11.9 Å². The second kappa shape index (κ2) is 6.53. The lowest BCUT2D eigenvalue weighted by Crippen LogP contribution is -2.31. The van der Waals surface area contributed by atoms with Crippen LogP contribution < -0.4 is 0 Å². The molecule has 0 atom stereocenters. The number of rotatable bonds is 6. The molecule has 136 valence electrons. The number of likely N-dealkylation sites (N-methyl/N-ethyl adjacent to an activating group) is 1. The van der Waals surface area contributed by atoms with Crippen molar-refractivity contribution in [3.05, 3.63) is 35.4 Å². The molecule has 1 amide bonds. The van der Waals surface area contributed by atoms with Crippen LogP contribution in [0.4, 0.5) is 13.2 Å². The number of alkyl halides is 3. The Kier molecular flexibility index (Phi) is 4.57. The van der Waals surface area contributed by atoms with Crippen LogP contribution in [-0.4, -0.2) is 37.4 Å². The van der Waals surface area contributed by atoms with Gasteiger partial charge in [-0.25, -0.2) is 0 Å². The van der Waals surface area contributed by atoms with Gasteiger partial charge in [0.2, 0.25) is 5.91 Å². The molecule has 0 radical (unpaired) electrons. The van der Waals surface area contributed by atoms with E-state index in [0.717, 1.165) is 31.1 Å². The zero-order valence-electron chi connectivity index (χ0n) is 14.1. The molecule has 0 aromatic carbocycles. The molecular weight excluding hydrogens is 335 g/mol. The molecule has 6 nitrogen and oxygen atoms in total. The Hall–Kier alpha value is -2.32. The van der Waals surface area contributed by atoms with Gasteiger partial charge in [0, 0.05) is 31.4 Å². The van der Waals surface area contributed by atoms with Crippen LogP contribution >= 0.6 is 0 Å². The number of amides is 1. The van der Waals surface area contributed by atoms with Gasteiger partial charge in [-0.05, 0) is 31.9 Å². The molecule has 0 unspecified atom stereocenters. The highest BCUT2D eigenvalue weighted by Gasteiger charge is 2.38. The topological polar surface area (TPSA) is 56.0 Å². The normalized spacial score (nSPS) is 14.8. The van der Waals surface area contributed by atoms with Crippen LogP contribution in [0.5, 0.6) is 0 Å². The third-order valence-electron chi connectivity index (χ3n) is 4.23. The predicted octanol–water partition coefficient (Wildman–Crippen LogP) is 2.65. The first-order valence-electron chi connectivity index (χ1n) is 8.19. The number of halogens is 3. The minimum atomic E-state index is -4.50. The summed E-state index contributed by atoms with van der Waals surface area (Å²) in [4.78, 5) is 13.8. The number of aryl methyl sites for hydroxylation is 1. The number of hydrogen-bond donors (Lipinski definition) is 0. The van der Waals surface area contributed by atoms with E-state index in [9.17, 15) is 18.0 Å².